The smallest absolute Gasteiger partial charge is 0.246 e. The van der Waals surface area contributed by atoms with Crippen LogP contribution in [0.1, 0.15) is 45.4 Å². The second-order valence-electron chi connectivity index (χ2n) is 5.67. The van der Waals surface area contributed by atoms with Crippen LogP contribution in [-0.4, -0.2) is 25.0 Å². The third-order valence-corrected chi connectivity index (χ3v) is 3.54. The monoisotopic (exact) mass is 486 g/mol. The number of nitrogens with one attached hydrogen (secondary N) is 2. The maximum absolute atomic E-state index is 13.4. The fourth-order valence-electron chi connectivity index (χ4n) is 2.15. The van der Waals surface area contributed by atoms with Crippen LogP contribution in [0.4, 0.5) is 18.9 Å². The molecule has 0 bridgehead atoms. The van der Waals surface area contributed by atoms with Gasteiger partial charge < -0.3 is 16.4 Å². The lowest BCUT2D eigenvalue weighted by atomic mass is 10.1. The lowest BCUT2D eigenvalue weighted by molar-refractivity contribution is -0.114. The summed E-state index contributed by atoms with van der Waals surface area (Å²) < 4.78 is 39.3. The summed E-state index contributed by atoms with van der Waals surface area (Å²) in [6.07, 6.45) is 6.89. The van der Waals surface area contributed by atoms with Gasteiger partial charge in [-0.2, -0.15) is 0 Å². The number of hydrogen-bond donors (Lipinski definition) is 3. The Kier molecular flexibility index (Phi) is 12.9. The van der Waals surface area contributed by atoms with Gasteiger partial charge in [-0.15, -0.1) is 24.0 Å². The number of nitrogens with zero attached hydrogens (tertiary/aromatic N) is 1. The van der Waals surface area contributed by atoms with Crippen molar-refractivity contribution in [2.45, 2.75) is 45.4 Å². The van der Waals surface area contributed by atoms with Crippen LogP contribution in [0, 0.1) is 17.5 Å². The molecule has 0 aliphatic heterocycles. The number of aliphatic imine (C=N–C) groups is 1. The van der Waals surface area contributed by atoms with E-state index in [0.717, 1.165) is 25.0 Å². The zero-order valence-electron chi connectivity index (χ0n) is 14.8. The molecule has 9 heteroatoms. The fourth-order valence-corrected chi connectivity index (χ4v) is 2.15. The summed E-state index contributed by atoms with van der Waals surface area (Å²) in [7, 11) is 0. The highest BCUT2D eigenvalue weighted by Gasteiger charge is 2.14. The van der Waals surface area contributed by atoms with Crippen LogP contribution in [0.2, 0.25) is 0 Å². The van der Waals surface area contributed by atoms with Gasteiger partial charge in [0.1, 0.15) is 6.54 Å². The Morgan fingerprint density at radius 2 is 1.73 bits per heavy atom. The van der Waals surface area contributed by atoms with Gasteiger partial charge in [-0.1, -0.05) is 39.0 Å². The van der Waals surface area contributed by atoms with E-state index in [1.807, 2.05) is 0 Å². The average molecular weight is 486 g/mol. The fraction of sp³-hybridized carbons (Fsp3) is 0.529. The van der Waals surface area contributed by atoms with Gasteiger partial charge in [-0.25, -0.2) is 18.2 Å². The van der Waals surface area contributed by atoms with Gasteiger partial charge in [-0.3, -0.25) is 4.79 Å². The average Bonchev–Trinajstić information content (AvgIpc) is 2.59. The molecule has 1 aromatic carbocycles. The highest BCUT2D eigenvalue weighted by atomic mass is 127. The Labute approximate surface area is 169 Å². The van der Waals surface area contributed by atoms with E-state index in [1.54, 1.807) is 0 Å². The molecule has 1 rings (SSSR count). The maximum Gasteiger partial charge on any atom is 0.246 e. The molecule has 26 heavy (non-hydrogen) atoms. The summed E-state index contributed by atoms with van der Waals surface area (Å²) in [6, 6.07) is 1.67. The molecule has 0 atom stereocenters. The number of carbonyl (C=O) groups excluding carboxylic acids is 1. The molecule has 148 valence electrons. The van der Waals surface area contributed by atoms with E-state index in [9.17, 15) is 18.0 Å². The number of hydrogen-bond acceptors (Lipinski definition) is 2. The first-order valence-electron chi connectivity index (χ1n) is 8.42. The SMILES string of the molecule is CCCCCCCCNC(N)=NCC(=O)Nc1ccc(F)c(F)c1F.I. The Hall–Kier alpha value is -1.52. The molecule has 0 aliphatic carbocycles. The largest absolute Gasteiger partial charge is 0.370 e. The molecule has 5 nitrogen and oxygen atoms in total. The van der Waals surface area contributed by atoms with Gasteiger partial charge in [0, 0.05) is 6.54 Å². The Bertz CT molecular complexity index is 600. The van der Waals surface area contributed by atoms with E-state index in [0.29, 0.717) is 6.54 Å². The Morgan fingerprint density at radius 1 is 1.08 bits per heavy atom. The third kappa shape index (κ3) is 9.25. The van der Waals surface area contributed by atoms with Gasteiger partial charge in [0.15, 0.2) is 23.4 Å². The summed E-state index contributed by atoms with van der Waals surface area (Å²) >= 11 is 0. The maximum atomic E-state index is 13.4. The van der Waals surface area contributed by atoms with Gasteiger partial charge in [0.25, 0.3) is 0 Å². The van der Waals surface area contributed by atoms with Crippen molar-refractivity contribution in [2.24, 2.45) is 10.7 Å². The number of rotatable bonds is 10. The summed E-state index contributed by atoms with van der Waals surface area (Å²) in [4.78, 5) is 15.5. The zero-order chi connectivity index (χ0) is 18.7. The minimum atomic E-state index is -1.64. The van der Waals surface area contributed by atoms with E-state index in [4.69, 9.17) is 5.73 Å². The predicted octanol–water partition coefficient (Wildman–Crippen LogP) is 3.93. The number of carbonyl (C=O) groups is 1. The van der Waals surface area contributed by atoms with Gasteiger partial charge in [-0.05, 0) is 18.6 Å². The number of nitrogens with two attached hydrogens (primary N) is 1. The molecule has 0 spiro atoms. The number of benzene rings is 1. The summed E-state index contributed by atoms with van der Waals surface area (Å²) in [5.41, 5.74) is 5.18. The second-order valence-corrected chi connectivity index (χ2v) is 5.67. The number of guanidine groups is 1. The molecule has 0 fully saturated rings. The first-order valence-corrected chi connectivity index (χ1v) is 8.42. The first-order chi connectivity index (χ1) is 12.0. The minimum absolute atomic E-state index is 0. The predicted molar refractivity (Wildman–Crippen MR) is 108 cm³/mol. The van der Waals surface area contributed by atoms with Crippen LogP contribution < -0.4 is 16.4 Å². The number of anilines is 1. The Morgan fingerprint density at radius 3 is 2.42 bits per heavy atom. The summed E-state index contributed by atoms with van der Waals surface area (Å²) in [6.45, 7) is 2.46. The van der Waals surface area contributed by atoms with E-state index in [-0.39, 0.29) is 36.5 Å². The molecule has 0 saturated carbocycles. The molecule has 0 aliphatic rings. The molecule has 4 N–H and O–H groups in total. The minimum Gasteiger partial charge on any atom is -0.370 e. The molecule has 0 aromatic heterocycles. The van der Waals surface area contributed by atoms with Crippen molar-refractivity contribution < 1.29 is 18.0 Å². The van der Waals surface area contributed by atoms with Gasteiger partial charge in [0.2, 0.25) is 5.91 Å². The molecule has 1 aromatic rings. The lowest BCUT2D eigenvalue weighted by Gasteiger charge is -2.07. The molecule has 1 amide bonds. The zero-order valence-corrected chi connectivity index (χ0v) is 17.1. The lowest BCUT2D eigenvalue weighted by Crippen LogP contribution is -2.33. The highest BCUT2D eigenvalue weighted by molar-refractivity contribution is 14.0. The Balaban J connectivity index is 0.00000625. The van der Waals surface area contributed by atoms with Crippen molar-refractivity contribution in [1.82, 2.24) is 5.32 Å². The van der Waals surface area contributed by atoms with Crippen molar-refractivity contribution in [3.63, 3.8) is 0 Å². The number of unbranched alkanes of at least 4 members (excludes halogenated alkanes) is 5. The van der Waals surface area contributed by atoms with Crippen LogP contribution in [0.15, 0.2) is 17.1 Å². The standard InChI is InChI=1S/C17H25F3N4O.HI/c1-2-3-4-5-6-7-10-22-17(21)23-11-14(25)24-13-9-8-12(18)15(19)16(13)20;/h8-9H,2-7,10-11H2,1H3,(H,24,25)(H3,21,22,23);1H. The van der Waals surface area contributed by atoms with Gasteiger partial charge in [0.05, 0.1) is 5.69 Å². The number of amides is 1. The number of halogens is 4. The van der Waals surface area contributed by atoms with Crippen molar-refractivity contribution in [2.75, 3.05) is 18.4 Å². The molecule has 0 heterocycles. The molecular weight excluding hydrogens is 460 g/mol. The summed E-state index contributed by atoms with van der Waals surface area (Å²) in [5, 5.41) is 5.00. The summed E-state index contributed by atoms with van der Waals surface area (Å²) in [5.74, 6) is -4.99. The topological polar surface area (TPSA) is 79.5 Å². The van der Waals surface area contributed by atoms with E-state index < -0.39 is 29.0 Å². The first kappa shape index (κ1) is 24.5. The van der Waals surface area contributed by atoms with Gasteiger partial charge >= 0.3 is 0 Å². The van der Waals surface area contributed by atoms with Crippen LogP contribution in [0.3, 0.4) is 0 Å². The van der Waals surface area contributed by atoms with Crippen LogP contribution >= 0.6 is 24.0 Å². The normalized spacial score (nSPS) is 11.0. The van der Waals surface area contributed by atoms with Crippen LogP contribution in [-0.2, 0) is 4.79 Å². The molecule has 0 unspecified atom stereocenters. The molecular formula is C17H26F3IN4O. The van der Waals surface area contributed by atoms with Crippen molar-refractivity contribution in [3.05, 3.63) is 29.6 Å². The van der Waals surface area contributed by atoms with Crippen molar-refractivity contribution >= 4 is 41.5 Å². The second kappa shape index (κ2) is 13.7. The quantitative estimate of drug-likeness (QED) is 0.154. The van der Waals surface area contributed by atoms with Crippen LogP contribution in [0.25, 0.3) is 0 Å². The van der Waals surface area contributed by atoms with Crippen molar-refractivity contribution in [3.8, 4) is 0 Å². The molecule has 0 saturated heterocycles. The van der Waals surface area contributed by atoms with E-state index in [1.165, 1.54) is 25.7 Å². The van der Waals surface area contributed by atoms with Crippen molar-refractivity contribution in [1.29, 1.82) is 0 Å². The van der Waals surface area contributed by atoms with E-state index >= 15 is 0 Å². The highest BCUT2D eigenvalue weighted by Crippen LogP contribution is 2.19. The third-order valence-electron chi connectivity index (χ3n) is 3.54. The van der Waals surface area contributed by atoms with Crippen LogP contribution in [0.5, 0.6) is 0 Å². The molecule has 0 radical (unpaired) electrons. The van der Waals surface area contributed by atoms with E-state index in [2.05, 4.69) is 22.5 Å².